The maximum Gasteiger partial charge on any atom is 0.211 e. The van der Waals surface area contributed by atoms with Gasteiger partial charge in [0, 0.05) is 38.8 Å². The number of sulfonamides is 1. The van der Waals surface area contributed by atoms with Crippen molar-refractivity contribution in [2.45, 2.75) is 32.7 Å². The maximum atomic E-state index is 11.5. The number of piperidine rings is 1. The number of hydrogen-bond acceptors (Lipinski definition) is 4. The van der Waals surface area contributed by atoms with Crippen LogP contribution in [0.15, 0.2) is 0 Å². The lowest BCUT2D eigenvalue weighted by Crippen LogP contribution is -2.56. The van der Waals surface area contributed by atoms with E-state index in [9.17, 15) is 8.42 Å². The minimum Gasteiger partial charge on any atom is -0.312 e. The van der Waals surface area contributed by atoms with E-state index in [-0.39, 0.29) is 0 Å². The molecule has 0 aliphatic carbocycles. The molecule has 2 aliphatic rings. The van der Waals surface area contributed by atoms with E-state index in [4.69, 9.17) is 0 Å². The van der Waals surface area contributed by atoms with Crippen LogP contribution in [-0.2, 0) is 10.0 Å². The van der Waals surface area contributed by atoms with Crippen molar-refractivity contribution in [3.8, 4) is 0 Å². The van der Waals surface area contributed by atoms with Crippen LogP contribution in [0, 0.1) is 5.41 Å². The molecule has 2 aliphatic heterocycles. The Morgan fingerprint density at radius 2 is 1.84 bits per heavy atom. The first-order valence-electron chi connectivity index (χ1n) is 7.20. The fourth-order valence-corrected chi connectivity index (χ4v) is 3.91. The van der Waals surface area contributed by atoms with E-state index in [1.54, 1.807) is 4.31 Å². The highest BCUT2D eigenvalue weighted by molar-refractivity contribution is 7.88. The second kappa shape index (κ2) is 5.68. The molecule has 2 heterocycles. The summed E-state index contributed by atoms with van der Waals surface area (Å²) in [6.07, 6.45) is 3.83. The van der Waals surface area contributed by atoms with Crippen molar-refractivity contribution >= 4 is 10.0 Å². The summed E-state index contributed by atoms with van der Waals surface area (Å²) in [7, 11) is -3.01. The molecule has 112 valence electrons. The fourth-order valence-electron chi connectivity index (χ4n) is 3.08. The van der Waals surface area contributed by atoms with Gasteiger partial charge in [0.25, 0.3) is 0 Å². The third kappa shape index (κ3) is 3.90. The average molecular weight is 289 g/mol. The molecular formula is C13H27N3O2S. The molecule has 2 fully saturated rings. The van der Waals surface area contributed by atoms with Crippen LogP contribution >= 0.6 is 0 Å². The van der Waals surface area contributed by atoms with Crippen molar-refractivity contribution in [1.29, 1.82) is 0 Å². The van der Waals surface area contributed by atoms with Gasteiger partial charge < -0.3 is 5.32 Å². The Hall–Kier alpha value is -0.170. The van der Waals surface area contributed by atoms with Crippen LogP contribution in [0.1, 0.15) is 26.7 Å². The van der Waals surface area contributed by atoms with Gasteiger partial charge >= 0.3 is 0 Å². The Bertz CT molecular complexity index is 400. The van der Waals surface area contributed by atoms with Crippen molar-refractivity contribution < 1.29 is 8.42 Å². The van der Waals surface area contributed by atoms with Gasteiger partial charge in [0.15, 0.2) is 0 Å². The Morgan fingerprint density at radius 3 is 2.37 bits per heavy atom. The minimum atomic E-state index is -3.01. The minimum absolute atomic E-state index is 0.340. The zero-order chi connectivity index (χ0) is 14.1. The normalized spacial score (nSPS) is 30.4. The molecule has 2 saturated heterocycles. The standard InChI is InChI=1S/C13H27N3O2S/c1-13(2)5-4-6-14-12(13)11-15-7-9-16(10-8-15)19(3,17)18/h12,14H,4-11H2,1-3H3. The number of nitrogens with zero attached hydrogens (tertiary/aromatic N) is 2. The van der Waals surface area contributed by atoms with Crippen molar-refractivity contribution in [3.63, 3.8) is 0 Å². The second-order valence-electron chi connectivity index (χ2n) is 6.56. The molecule has 0 saturated carbocycles. The number of nitrogens with one attached hydrogen (secondary N) is 1. The van der Waals surface area contributed by atoms with E-state index in [1.165, 1.54) is 19.1 Å². The highest BCUT2D eigenvalue weighted by Gasteiger charge is 2.34. The van der Waals surface area contributed by atoms with Gasteiger partial charge in [-0.25, -0.2) is 8.42 Å². The molecule has 0 spiro atoms. The second-order valence-corrected chi connectivity index (χ2v) is 8.54. The van der Waals surface area contributed by atoms with E-state index in [0.717, 1.165) is 26.2 Å². The van der Waals surface area contributed by atoms with Crippen molar-refractivity contribution in [3.05, 3.63) is 0 Å². The van der Waals surface area contributed by atoms with Crippen molar-refractivity contribution in [2.24, 2.45) is 5.41 Å². The van der Waals surface area contributed by atoms with Crippen molar-refractivity contribution in [1.82, 2.24) is 14.5 Å². The fraction of sp³-hybridized carbons (Fsp3) is 1.00. The van der Waals surface area contributed by atoms with Gasteiger partial charge in [-0.1, -0.05) is 13.8 Å². The van der Waals surface area contributed by atoms with E-state index < -0.39 is 10.0 Å². The monoisotopic (exact) mass is 289 g/mol. The molecule has 1 atom stereocenters. The zero-order valence-electron chi connectivity index (χ0n) is 12.4. The summed E-state index contributed by atoms with van der Waals surface area (Å²) in [5.74, 6) is 0. The topological polar surface area (TPSA) is 52.6 Å². The third-order valence-corrected chi connectivity index (χ3v) is 5.88. The molecule has 1 unspecified atom stereocenters. The summed E-state index contributed by atoms with van der Waals surface area (Å²) in [6.45, 7) is 9.76. The Morgan fingerprint density at radius 1 is 1.21 bits per heavy atom. The lowest BCUT2D eigenvalue weighted by Gasteiger charge is -2.43. The van der Waals surface area contributed by atoms with Crippen LogP contribution < -0.4 is 5.32 Å². The summed E-state index contributed by atoms with van der Waals surface area (Å²) < 4.78 is 24.5. The number of rotatable bonds is 3. The van der Waals surface area contributed by atoms with Crippen LogP contribution in [0.2, 0.25) is 0 Å². The predicted molar refractivity (Wildman–Crippen MR) is 77.7 cm³/mol. The van der Waals surface area contributed by atoms with Crippen LogP contribution in [0.4, 0.5) is 0 Å². The summed E-state index contributed by atoms with van der Waals surface area (Å²) >= 11 is 0. The van der Waals surface area contributed by atoms with Crippen LogP contribution in [0.3, 0.4) is 0 Å². The van der Waals surface area contributed by atoms with E-state index >= 15 is 0 Å². The quantitative estimate of drug-likeness (QED) is 0.814. The molecule has 19 heavy (non-hydrogen) atoms. The van der Waals surface area contributed by atoms with Gasteiger partial charge in [-0.2, -0.15) is 4.31 Å². The van der Waals surface area contributed by atoms with Gasteiger partial charge in [0.05, 0.1) is 6.26 Å². The van der Waals surface area contributed by atoms with Crippen LogP contribution in [-0.4, -0.2) is 69.2 Å². The first-order chi connectivity index (χ1) is 8.79. The molecule has 0 aromatic carbocycles. The first kappa shape index (κ1) is 15.2. The molecule has 0 aromatic rings. The highest BCUT2D eigenvalue weighted by Crippen LogP contribution is 2.30. The largest absolute Gasteiger partial charge is 0.312 e. The Balaban J connectivity index is 1.85. The Labute approximate surface area is 117 Å². The van der Waals surface area contributed by atoms with Crippen molar-refractivity contribution in [2.75, 3.05) is 45.5 Å². The molecule has 0 radical (unpaired) electrons. The third-order valence-electron chi connectivity index (χ3n) is 4.57. The van der Waals surface area contributed by atoms with Gasteiger partial charge in [0.1, 0.15) is 0 Å². The molecule has 1 N–H and O–H groups in total. The summed E-state index contributed by atoms with van der Waals surface area (Å²) in [6, 6.07) is 0.519. The Kier molecular flexibility index (Phi) is 4.55. The molecule has 0 amide bonds. The average Bonchev–Trinajstić information content (AvgIpc) is 2.31. The van der Waals surface area contributed by atoms with Gasteiger partial charge in [-0.05, 0) is 24.8 Å². The number of piperazine rings is 1. The molecule has 2 rings (SSSR count). The lowest BCUT2D eigenvalue weighted by atomic mass is 9.77. The highest BCUT2D eigenvalue weighted by atomic mass is 32.2. The summed E-state index contributed by atoms with van der Waals surface area (Å²) in [4.78, 5) is 2.40. The zero-order valence-corrected chi connectivity index (χ0v) is 13.2. The molecule has 0 bridgehead atoms. The predicted octanol–water partition coefficient (Wildman–Crippen LogP) is 0.342. The summed E-state index contributed by atoms with van der Waals surface area (Å²) in [5, 5.41) is 3.62. The van der Waals surface area contributed by atoms with Crippen LogP contribution in [0.5, 0.6) is 0 Å². The van der Waals surface area contributed by atoms with E-state index in [2.05, 4.69) is 24.1 Å². The molecule has 5 nitrogen and oxygen atoms in total. The first-order valence-corrected chi connectivity index (χ1v) is 9.05. The summed E-state index contributed by atoms with van der Waals surface area (Å²) in [5.41, 5.74) is 0.340. The lowest BCUT2D eigenvalue weighted by molar-refractivity contribution is 0.105. The number of hydrogen-bond donors (Lipinski definition) is 1. The van der Waals surface area contributed by atoms with E-state index in [1.807, 2.05) is 0 Å². The molecule has 6 heteroatoms. The van der Waals surface area contributed by atoms with E-state index in [0.29, 0.717) is 24.5 Å². The maximum absolute atomic E-state index is 11.5. The SMILES string of the molecule is CC1(C)CCCNC1CN1CCN(S(C)(=O)=O)CC1. The van der Waals surface area contributed by atoms with Gasteiger partial charge in [0.2, 0.25) is 10.0 Å². The molecule has 0 aromatic heterocycles. The molecular weight excluding hydrogens is 262 g/mol. The van der Waals surface area contributed by atoms with Gasteiger partial charge in [-0.15, -0.1) is 0 Å². The smallest absolute Gasteiger partial charge is 0.211 e. The van der Waals surface area contributed by atoms with Crippen LogP contribution in [0.25, 0.3) is 0 Å². The van der Waals surface area contributed by atoms with Gasteiger partial charge in [-0.3, -0.25) is 4.90 Å².